The van der Waals surface area contributed by atoms with Crippen LogP contribution in [0.5, 0.6) is 0 Å². The highest BCUT2D eigenvalue weighted by molar-refractivity contribution is 5.94. The van der Waals surface area contributed by atoms with Crippen LogP contribution in [-0.2, 0) is 6.42 Å². The molecule has 0 aliphatic rings. The highest BCUT2D eigenvalue weighted by Gasteiger charge is 2.03. The zero-order valence-electron chi connectivity index (χ0n) is 17.2. The lowest BCUT2D eigenvalue weighted by Gasteiger charge is -2.12. The summed E-state index contributed by atoms with van der Waals surface area (Å²) in [5.41, 5.74) is 2.93. The van der Waals surface area contributed by atoms with Gasteiger partial charge in [-0.3, -0.25) is 9.79 Å². The molecule has 7 heteroatoms. The van der Waals surface area contributed by atoms with E-state index >= 15 is 0 Å². The summed E-state index contributed by atoms with van der Waals surface area (Å²) in [5, 5.41) is 13.6. The smallest absolute Gasteiger partial charge is 0.251 e. The van der Waals surface area contributed by atoms with E-state index in [2.05, 4.69) is 50.3 Å². The minimum absolute atomic E-state index is 0.0714. The van der Waals surface area contributed by atoms with Gasteiger partial charge in [0.05, 0.1) is 5.69 Å². The van der Waals surface area contributed by atoms with Gasteiger partial charge in [0, 0.05) is 44.1 Å². The number of aromatic nitrogens is 2. The number of nitrogens with one attached hydrogen (secondary N) is 3. The second kappa shape index (κ2) is 11.4. The molecule has 1 amide bonds. The summed E-state index contributed by atoms with van der Waals surface area (Å²) < 4.78 is 1.84. The minimum atomic E-state index is -0.0714. The topological polar surface area (TPSA) is 83.3 Å². The molecule has 1 heterocycles. The zero-order valence-corrected chi connectivity index (χ0v) is 17.2. The first-order chi connectivity index (χ1) is 14.8. The third-order valence-electron chi connectivity index (χ3n) is 4.46. The van der Waals surface area contributed by atoms with E-state index in [9.17, 15) is 4.79 Å². The van der Waals surface area contributed by atoms with Crippen LogP contribution >= 0.6 is 0 Å². The molecule has 0 bridgehead atoms. The van der Waals surface area contributed by atoms with E-state index in [0.717, 1.165) is 24.6 Å². The normalized spacial score (nSPS) is 11.2. The van der Waals surface area contributed by atoms with Gasteiger partial charge in [-0.25, -0.2) is 4.68 Å². The summed E-state index contributed by atoms with van der Waals surface area (Å²) in [6.45, 7) is 4.60. The van der Waals surface area contributed by atoms with Crippen molar-refractivity contribution in [2.75, 3.05) is 26.2 Å². The van der Waals surface area contributed by atoms with E-state index in [1.807, 2.05) is 42.1 Å². The lowest BCUT2D eigenvalue weighted by atomic mass is 10.1. The Morgan fingerprint density at radius 3 is 2.43 bits per heavy atom. The van der Waals surface area contributed by atoms with Gasteiger partial charge in [-0.05, 0) is 49.2 Å². The Morgan fingerprint density at radius 2 is 1.73 bits per heavy atom. The molecule has 0 spiro atoms. The van der Waals surface area contributed by atoms with Crippen molar-refractivity contribution in [1.29, 1.82) is 0 Å². The van der Waals surface area contributed by atoms with Gasteiger partial charge in [0.25, 0.3) is 5.91 Å². The Kier molecular flexibility index (Phi) is 8.02. The molecule has 3 aromatic rings. The van der Waals surface area contributed by atoms with Gasteiger partial charge in [0.2, 0.25) is 0 Å². The lowest BCUT2D eigenvalue weighted by Crippen LogP contribution is -2.41. The van der Waals surface area contributed by atoms with Crippen LogP contribution in [0.3, 0.4) is 0 Å². The van der Waals surface area contributed by atoms with Crippen LogP contribution in [-0.4, -0.2) is 47.8 Å². The second-order valence-corrected chi connectivity index (χ2v) is 6.68. The molecule has 0 fully saturated rings. The summed E-state index contributed by atoms with van der Waals surface area (Å²) in [5.74, 6) is 0.678. The van der Waals surface area contributed by atoms with Crippen LogP contribution < -0.4 is 16.0 Å². The standard InChI is InChI=1S/C23H28N6O/c1-2-24-23(27-17-16-25-22(30)20-7-4-3-5-8-20)26-15-13-19-9-11-21(12-10-19)29-18-6-14-28-29/h3-12,14,18H,2,13,15-17H2,1H3,(H,25,30)(H2,24,26,27). The molecule has 0 atom stereocenters. The Bertz CT molecular complexity index is 920. The number of benzene rings is 2. The molecular formula is C23H28N6O. The maximum atomic E-state index is 12.1. The van der Waals surface area contributed by atoms with Crippen LogP contribution in [0.15, 0.2) is 78.0 Å². The second-order valence-electron chi connectivity index (χ2n) is 6.68. The summed E-state index contributed by atoms with van der Waals surface area (Å²) in [4.78, 5) is 16.7. The van der Waals surface area contributed by atoms with Crippen molar-refractivity contribution < 1.29 is 4.79 Å². The average molecular weight is 405 g/mol. The fourth-order valence-corrected chi connectivity index (χ4v) is 2.92. The van der Waals surface area contributed by atoms with Crippen molar-refractivity contribution >= 4 is 11.9 Å². The fourth-order valence-electron chi connectivity index (χ4n) is 2.92. The van der Waals surface area contributed by atoms with Crippen molar-refractivity contribution in [2.45, 2.75) is 13.3 Å². The number of amides is 1. The van der Waals surface area contributed by atoms with Crippen molar-refractivity contribution in [3.05, 3.63) is 84.2 Å². The minimum Gasteiger partial charge on any atom is -0.357 e. The van der Waals surface area contributed by atoms with E-state index < -0.39 is 0 Å². The first-order valence-electron chi connectivity index (χ1n) is 10.2. The van der Waals surface area contributed by atoms with Gasteiger partial charge < -0.3 is 16.0 Å². The number of rotatable bonds is 9. The van der Waals surface area contributed by atoms with Crippen molar-refractivity contribution in [1.82, 2.24) is 25.7 Å². The molecule has 3 rings (SSSR count). The first-order valence-corrected chi connectivity index (χ1v) is 10.2. The number of hydrogen-bond donors (Lipinski definition) is 3. The first kappa shape index (κ1) is 21.1. The van der Waals surface area contributed by atoms with Crippen LogP contribution in [0.4, 0.5) is 0 Å². The van der Waals surface area contributed by atoms with Gasteiger partial charge in [-0.15, -0.1) is 0 Å². The average Bonchev–Trinajstić information content (AvgIpc) is 3.32. The van der Waals surface area contributed by atoms with E-state index in [4.69, 9.17) is 0 Å². The fraction of sp³-hybridized carbons (Fsp3) is 0.261. The van der Waals surface area contributed by atoms with Crippen molar-refractivity contribution in [3.63, 3.8) is 0 Å². The predicted octanol–water partition coefficient (Wildman–Crippen LogP) is 2.40. The molecule has 30 heavy (non-hydrogen) atoms. The van der Waals surface area contributed by atoms with Crippen LogP contribution in [0.25, 0.3) is 5.69 Å². The predicted molar refractivity (Wildman–Crippen MR) is 120 cm³/mol. The van der Waals surface area contributed by atoms with Crippen molar-refractivity contribution in [3.8, 4) is 5.69 Å². The molecule has 0 aliphatic heterocycles. The third kappa shape index (κ3) is 6.48. The largest absolute Gasteiger partial charge is 0.357 e. The van der Waals surface area contributed by atoms with E-state index in [-0.39, 0.29) is 5.91 Å². The monoisotopic (exact) mass is 404 g/mol. The SMILES string of the molecule is CCNC(=NCCc1ccc(-n2cccn2)cc1)NCCNC(=O)c1ccccc1. The molecular weight excluding hydrogens is 376 g/mol. The molecule has 0 aliphatic carbocycles. The molecule has 0 radical (unpaired) electrons. The zero-order chi connectivity index (χ0) is 21.0. The Balaban J connectivity index is 1.42. The van der Waals surface area contributed by atoms with E-state index in [0.29, 0.717) is 25.2 Å². The molecule has 0 saturated heterocycles. The Morgan fingerprint density at radius 1 is 0.967 bits per heavy atom. The number of hydrogen-bond acceptors (Lipinski definition) is 3. The number of carbonyl (C=O) groups is 1. The highest BCUT2D eigenvalue weighted by Crippen LogP contribution is 2.09. The van der Waals surface area contributed by atoms with Gasteiger partial charge in [0.15, 0.2) is 5.96 Å². The quantitative estimate of drug-likeness (QED) is 0.291. The van der Waals surface area contributed by atoms with Crippen LogP contribution in [0, 0.1) is 0 Å². The Labute approximate surface area is 177 Å². The molecule has 0 unspecified atom stereocenters. The molecule has 7 nitrogen and oxygen atoms in total. The Hall–Kier alpha value is -3.61. The van der Waals surface area contributed by atoms with Gasteiger partial charge in [-0.2, -0.15) is 5.10 Å². The maximum Gasteiger partial charge on any atom is 0.251 e. The number of nitrogens with zero attached hydrogens (tertiary/aromatic N) is 3. The highest BCUT2D eigenvalue weighted by atomic mass is 16.1. The number of guanidine groups is 1. The van der Waals surface area contributed by atoms with E-state index in [1.165, 1.54) is 5.56 Å². The lowest BCUT2D eigenvalue weighted by molar-refractivity contribution is 0.0954. The van der Waals surface area contributed by atoms with Crippen LogP contribution in [0.2, 0.25) is 0 Å². The summed E-state index contributed by atoms with van der Waals surface area (Å²) in [7, 11) is 0. The summed E-state index contributed by atoms with van der Waals surface area (Å²) >= 11 is 0. The number of aliphatic imine (C=N–C) groups is 1. The molecule has 156 valence electrons. The van der Waals surface area contributed by atoms with Gasteiger partial charge in [0.1, 0.15) is 0 Å². The van der Waals surface area contributed by atoms with Crippen molar-refractivity contribution in [2.24, 2.45) is 4.99 Å². The summed E-state index contributed by atoms with van der Waals surface area (Å²) in [6, 6.07) is 19.4. The third-order valence-corrected chi connectivity index (χ3v) is 4.46. The molecule has 1 aromatic heterocycles. The van der Waals surface area contributed by atoms with E-state index in [1.54, 1.807) is 18.3 Å². The molecule has 0 saturated carbocycles. The van der Waals surface area contributed by atoms with Gasteiger partial charge >= 0.3 is 0 Å². The maximum absolute atomic E-state index is 12.1. The number of carbonyl (C=O) groups excluding carboxylic acids is 1. The summed E-state index contributed by atoms with van der Waals surface area (Å²) in [6.07, 6.45) is 4.54. The molecule has 2 aromatic carbocycles. The van der Waals surface area contributed by atoms with Gasteiger partial charge in [-0.1, -0.05) is 30.3 Å². The molecule has 3 N–H and O–H groups in total. The van der Waals surface area contributed by atoms with Crippen LogP contribution in [0.1, 0.15) is 22.8 Å².